The van der Waals surface area contributed by atoms with Gasteiger partial charge in [0.05, 0.1) is 30.6 Å². The number of aliphatic hydroxyl groups is 1. The minimum absolute atomic E-state index is 0.115. The number of carbonyl (C=O) groups excluding carboxylic acids is 3. The van der Waals surface area contributed by atoms with E-state index in [4.69, 9.17) is 4.74 Å². The molecule has 6 atom stereocenters. The van der Waals surface area contributed by atoms with Crippen molar-refractivity contribution in [3.63, 3.8) is 0 Å². The number of hydrogen-bond donors (Lipinski definition) is 1. The fourth-order valence-corrected chi connectivity index (χ4v) is 6.75. The van der Waals surface area contributed by atoms with E-state index in [1.807, 2.05) is 36.1 Å². The van der Waals surface area contributed by atoms with Crippen LogP contribution in [-0.4, -0.2) is 94.1 Å². The summed E-state index contributed by atoms with van der Waals surface area (Å²) in [6, 6.07) is -1.22. The number of nitrogens with zero attached hydrogens (tertiary/aromatic N) is 3. The van der Waals surface area contributed by atoms with Crippen LogP contribution < -0.4 is 0 Å². The van der Waals surface area contributed by atoms with Crippen molar-refractivity contribution in [1.82, 2.24) is 14.7 Å². The Morgan fingerprint density at radius 2 is 1.85 bits per heavy atom. The Morgan fingerprint density at radius 1 is 1.09 bits per heavy atom. The molecule has 1 N–H and O–H groups in total. The lowest BCUT2D eigenvalue weighted by molar-refractivity contribution is -0.152. The normalized spacial score (nSPS) is 37.7. The smallest absolute Gasteiger partial charge is 0.249 e. The molecule has 4 heterocycles. The van der Waals surface area contributed by atoms with E-state index in [-0.39, 0.29) is 30.4 Å². The molecule has 4 aliphatic heterocycles. The third-order valence-corrected chi connectivity index (χ3v) is 8.42. The molecule has 1 unspecified atom stereocenters. The van der Waals surface area contributed by atoms with Gasteiger partial charge in [-0.05, 0) is 19.3 Å². The van der Waals surface area contributed by atoms with Gasteiger partial charge in [0.25, 0.3) is 0 Å². The second kappa shape index (κ2) is 8.55. The van der Waals surface area contributed by atoms with Crippen molar-refractivity contribution in [1.29, 1.82) is 0 Å². The quantitative estimate of drug-likeness (QED) is 0.639. The second-order valence-corrected chi connectivity index (χ2v) is 10.2. The molecule has 0 radical (unpaired) electrons. The van der Waals surface area contributed by atoms with Crippen molar-refractivity contribution in [3.05, 3.63) is 24.3 Å². The summed E-state index contributed by atoms with van der Waals surface area (Å²) in [5.74, 6) is -1.96. The topological polar surface area (TPSA) is 90.4 Å². The van der Waals surface area contributed by atoms with E-state index < -0.39 is 35.6 Å². The maximum absolute atomic E-state index is 14.2. The maximum atomic E-state index is 14.2. The number of amides is 3. The average molecular weight is 458 g/mol. The standard InChI is InChI=1S/C25H35N3O5/c1-3-16(15-29)28-21-24(32)27(17-9-5-4-6-10-17)14-8-12-25(21)20(23(28)31)19-18(33-25)11-7-13-26(2)22(19)30/h7-8,11-12,16-21,29H,3-6,9-10,13-15H2,1-2H3/t16-,18+,19-,20-,21?,25-/m0/s1. The summed E-state index contributed by atoms with van der Waals surface area (Å²) in [5.41, 5.74) is -1.20. The SMILES string of the molecule is CC[C@@H](CO)N1C(=O)[C@@H]2[C@H]3C(=O)N(C)CC=C[C@H]3O[C@@]23C=CCN(C2CCCCC2)C(=O)C13. The summed E-state index contributed by atoms with van der Waals surface area (Å²) in [4.78, 5) is 46.6. The van der Waals surface area contributed by atoms with Crippen LogP contribution in [0.3, 0.4) is 0 Å². The van der Waals surface area contributed by atoms with Gasteiger partial charge >= 0.3 is 0 Å². The van der Waals surface area contributed by atoms with E-state index >= 15 is 0 Å². The van der Waals surface area contributed by atoms with Gasteiger partial charge in [0.15, 0.2) is 0 Å². The zero-order valence-corrected chi connectivity index (χ0v) is 19.6. The summed E-state index contributed by atoms with van der Waals surface area (Å²) in [6.45, 7) is 2.62. The Labute approximate surface area is 195 Å². The van der Waals surface area contributed by atoms with Gasteiger partial charge < -0.3 is 24.5 Å². The maximum Gasteiger partial charge on any atom is 0.249 e. The molecule has 3 amide bonds. The first-order valence-corrected chi connectivity index (χ1v) is 12.4. The van der Waals surface area contributed by atoms with E-state index in [1.165, 1.54) is 6.42 Å². The molecule has 8 heteroatoms. The third kappa shape index (κ3) is 3.28. The van der Waals surface area contributed by atoms with Crippen LogP contribution >= 0.6 is 0 Å². The first-order valence-electron chi connectivity index (χ1n) is 12.4. The van der Waals surface area contributed by atoms with Crippen molar-refractivity contribution in [2.24, 2.45) is 11.8 Å². The predicted molar refractivity (Wildman–Crippen MR) is 121 cm³/mol. The third-order valence-electron chi connectivity index (χ3n) is 8.42. The molecule has 5 rings (SSSR count). The summed E-state index contributed by atoms with van der Waals surface area (Å²) in [5, 5.41) is 10.1. The van der Waals surface area contributed by atoms with Crippen LogP contribution in [0.15, 0.2) is 24.3 Å². The molecule has 180 valence electrons. The Kier molecular flexibility index (Phi) is 5.85. The molecule has 5 aliphatic rings. The molecule has 33 heavy (non-hydrogen) atoms. The van der Waals surface area contributed by atoms with E-state index in [9.17, 15) is 19.5 Å². The van der Waals surface area contributed by atoms with Crippen LogP contribution in [0.4, 0.5) is 0 Å². The fraction of sp³-hybridized carbons (Fsp3) is 0.720. The van der Waals surface area contributed by atoms with Crippen LogP contribution in [0.5, 0.6) is 0 Å². The lowest BCUT2D eigenvalue weighted by atomic mass is 9.77. The van der Waals surface area contributed by atoms with Crippen LogP contribution in [0.1, 0.15) is 45.4 Å². The molecule has 0 aromatic carbocycles. The van der Waals surface area contributed by atoms with E-state index in [2.05, 4.69) is 0 Å². The van der Waals surface area contributed by atoms with Gasteiger partial charge in [-0.2, -0.15) is 0 Å². The molecular formula is C25H35N3O5. The molecule has 0 bridgehead atoms. The fourth-order valence-electron chi connectivity index (χ4n) is 6.75. The largest absolute Gasteiger partial charge is 0.394 e. The number of aliphatic hydroxyl groups excluding tert-OH is 1. The van der Waals surface area contributed by atoms with Crippen LogP contribution in [0.2, 0.25) is 0 Å². The lowest BCUT2D eigenvalue weighted by Gasteiger charge is -2.41. The van der Waals surface area contributed by atoms with Gasteiger partial charge in [-0.3, -0.25) is 14.4 Å². The highest BCUT2D eigenvalue weighted by molar-refractivity contribution is 6.00. The first-order chi connectivity index (χ1) is 15.9. The number of hydrogen-bond acceptors (Lipinski definition) is 5. The van der Waals surface area contributed by atoms with Crippen molar-refractivity contribution < 1.29 is 24.2 Å². The highest BCUT2D eigenvalue weighted by Crippen LogP contribution is 2.54. The molecule has 0 aromatic heterocycles. The number of ether oxygens (including phenoxy) is 1. The monoisotopic (exact) mass is 457 g/mol. The predicted octanol–water partition coefficient (Wildman–Crippen LogP) is 1.10. The molecule has 8 nitrogen and oxygen atoms in total. The van der Waals surface area contributed by atoms with Crippen molar-refractivity contribution in [3.8, 4) is 0 Å². The van der Waals surface area contributed by atoms with Gasteiger partial charge in [0.1, 0.15) is 11.6 Å². The van der Waals surface area contributed by atoms with E-state index in [0.717, 1.165) is 25.7 Å². The summed E-state index contributed by atoms with van der Waals surface area (Å²) in [6.07, 6.45) is 12.9. The van der Waals surface area contributed by atoms with Crippen LogP contribution in [-0.2, 0) is 19.1 Å². The number of likely N-dealkylation sites (N-methyl/N-ethyl adjacent to an activating group) is 1. The molecular weight excluding hydrogens is 422 g/mol. The Balaban J connectivity index is 1.61. The molecule has 1 spiro atoms. The van der Waals surface area contributed by atoms with Crippen molar-refractivity contribution in [2.45, 2.75) is 75.3 Å². The molecule has 2 saturated heterocycles. The minimum atomic E-state index is -1.20. The van der Waals surface area contributed by atoms with E-state index in [0.29, 0.717) is 19.5 Å². The summed E-state index contributed by atoms with van der Waals surface area (Å²) in [7, 11) is 1.73. The van der Waals surface area contributed by atoms with Gasteiger partial charge in [-0.25, -0.2) is 0 Å². The second-order valence-electron chi connectivity index (χ2n) is 10.2. The van der Waals surface area contributed by atoms with Crippen LogP contribution in [0.25, 0.3) is 0 Å². The Morgan fingerprint density at radius 3 is 2.55 bits per heavy atom. The Bertz CT molecular complexity index is 877. The molecule has 3 fully saturated rings. The van der Waals surface area contributed by atoms with Crippen molar-refractivity contribution >= 4 is 17.7 Å². The van der Waals surface area contributed by atoms with Gasteiger partial charge in [0.2, 0.25) is 17.7 Å². The van der Waals surface area contributed by atoms with Crippen LogP contribution in [0, 0.1) is 11.8 Å². The molecule has 1 aliphatic carbocycles. The highest BCUT2D eigenvalue weighted by Gasteiger charge is 2.72. The zero-order valence-electron chi connectivity index (χ0n) is 19.6. The molecule has 1 saturated carbocycles. The van der Waals surface area contributed by atoms with Crippen molar-refractivity contribution in [2.75, 3.05) is 26.7 Å². The zero-order chi connectivity index (χ0) is 23.3. The van der Waals surface area contributed by atoms with Gasteiger partial charge in [0, 0.05) is 26.2 Å². The van der Waals surface area contributed by atoms with Gasteiger partial charge in [-0.1, -0.05) is 50.5 Å². The minimum Gasteiger partial charge on any atom is -0.394 e. The first kappa shape index (κ1) is 22.6. The van der Waals surface area contributed by atoms with Gasteiger partial charge in [-0.15, -0.1) is 0 Å². The number of carbonyl (C=O) groups is 3. The van der Waals surface area contributed by atoms with E-state index in [1.54, 1.807) is 16.8 Å². The molecule has 0 aromatic rings. The number of fused-ring (bicyclic) bond motifs is 2. The number of rotatable bonds is 4. The highest BCUT2D eigenvalue weighted by atomic mass is 16.5. The average Bonchev–Trinajstić information content (AvgIpc) is 3.15. The lowest BCUT2D eigenvalue weighted by Crippen LogP contribution is -2.59. The summed E-state index contributed by atoms with van der Waals surface area (Å²) < 4.78 is 6.59. The number of likely N-dealkylation sites (tertiary alicyclic amines) is 1. The summed E-state index contributed by atoms with van der Waals surface area (Å²) >= 11 is 0. The Hall–Kier alpha value is -2.19.